The van der Waals surface area contributed by atoms with E-state index in [1.807, 2.05) is 18.4 Å². The van der Waals surface area contributed by atoms with E-state index in [1.165, 1.54) is 12.1 Å². The molecule has 18 heavy (non-hydrogen) atoms. The number of ether oxygens (including phenoxy) is 1. The lowest BCUT2D eigenvalue weighted by atomic mass is 10.1. The van der Waals surface area contributed by atoms with Gasteiger partial charge in [-0.25, -0.2) is 4.39 Å². The zero-order valence-electron chi connectivity index (χ0n) is 9.82. The average Bonchev–Trinajstić information content (AvgIpc) is 2.72. The molecule has 2 N–H and O–H groups in total. The quantitative estimate of drug-likeness (QED) is 0.910. The molecule has 1 heterocycles. The molecule has 1 aromatic heterocycles. The lowest BCUT2D eigenvalue weighted by molar-refractivity contribution is 0.303. The summed E-state index contributed by atoms with van der Waals surface area (Å²) >= 11 is 4.97. The van der Waals surface area contributed by atoms with E-state index in [4.69, 9.17) is 10.5 Å². The number of hydrogen-bond donors (Lipinski definition) is 1. The third-order valence-electron chi connectivity index (χ3n) is 2.46. The van der Waals surface area contributed by atoms with Crippen LogP contribution in [0, 0.1) is 5.82 Å². The Morgan fingerprint density at radius 3 is 2.83 bits per heavy atom. The molecule has 0 aliphatic rings. The lowest BCUT2D eigenvalue weighted by Crippen LogP contribution is -2.08. The van der Waals surface area contributed by atoms with E-state index >= 15 is 0 Å². The predicted octanol–water partition coefficient (Wildman–Crippen LogP) is 4.25. The first-order valence-electron chi connectivity index (χ1n) is 5.47. The highest BCUT2D eigenvalue weighted by atomic mass is 79.9. The number of nitrogens with two attached hydrogens (primary N) is 1. The van der Waals surface area contributed by atoms with E-state index in [-0.39, 0.29) is 11.9 Å². The maximum absolute atomic E-state index is 13.2. The van der Waals surface area contributed by atoms with Crippen molar-refractivity contribution in [1.29, 1.82) is 0 Å². The Morgan fingerprint density at radius 2 is 2.22 bits per heavy atom. The molecular weight excluding hydrogens is 317 g/mol. The summed E-state index contributed by atoms with van der Waals surface area (Å²) in [4.78, 5) is 1.07. The maximum atomic E-state index is 13.2. The van der Waals surface area contributed by atoms with Gasteiger partial charge in [0.1, 0.15) is 18.2 Å². The molecule has 96 valence electrons. The SMILES string of the molecule is C[C@@H](N)c1ccc(F)cc1OCc1cc(Br)cs1. The van der Waals surface area contributed by atoms with Gasteiger partial charge in [0, 0.05) is 32.4 Å². The second-order valence-electron chi connectivity index (χ2n) is 3.99. The van der Waals surface area contributed by atoms with Crippen molar-refractivity contribution in [3.05, 3.63) is 50.4 Å². The van der Waals surface area contributed by atoms with Crippen LogP contribution in [0.1, 0.15) is 23.4 Å². The molecule has 1 atom stereocenters. The van der Waals surface area contributed by atoms with Gasteiger partial charge >= 0.3 is 0 Å². The Kier molecular flexibility index (Phi) is 4.37. The number of rotatable bonds is 4. The summed E-state index contributed by atoms with van der Waals surface area (Å²) in [5, 5.41) is 1.98. The van der Waals surface area contributed by atoms with E-state index in [2.05, 4.69) is 15.9 Å². The summed E-state index contributed by atoms with van der Waals surface area (Å²) in [7, 11) is 0. The summed E-state index contributed by atoms with van der Waals surface area (Å²) in [6.45, 7) is 2.27. The topological polar surface area (TPSA) is 35.2 Å². The molecule has 2 aromatic rings. The van der Waals surface area contributed by atoms with Crippen LogP contribution >= 0.6 is 27.3 Å². The third-order valence-corrected chi connectivity index (χ3v) is 4.13. The van der Waals surface area contributed by atoms with Crippen molar-refractivity contribution in [3.8, 4) is 5.75 Å². The summed E-state index contributed by atoms with van der Waals surface area (Å²) in [6.07, 6.45) is 0. The van der Waals surface area contributed by atoms with Crippen molar-refractivity contribution < 1.29 is 9.13 Å². The molecule has 0 unspecified atom stereocenters. The van der Waals surface area contributed by atoms with Crippen LogP contribution in [0.25, 0.3) is 0 Å². The van der Waals surface area contributed by atoms with Gasteiger partial charge < -0.3 is 10.5 Å². The smallest absolute Gasteiger partial charge is 0.127 e. The lowest BCUT2D eigenvalue weighted by Gasteiger charge is -2.13. The van der Waals surface area contributed by atoms with Gasteiger partial charge in [0.2, 0.25) is 0 Å². The molecule has 0 spiro atoms. The fraction of sp³-hybridized carbons (Fsp3) is 0.231. The predicted molar refractivity (Wildman–Crippen MR) is 75.4 cm³/mol. The minimum atomic E-state index is -0.318. The number of halogens is 2. The molecule has 0 aliphatic heterocycles. The van der Waals surface area contributed by atoms with Crippen molar-refractivity contribution in [2.75, 3.05) is 0 Å². The second kappa shape index (κ2) is 5.82. The molecule has 0 aliphatic carbocycles. The summed E-state index contributed by atoms with van der Waals surface area (Å²) in [6, 6.07) is 6.24. The van der Waals surface area contributed by atoms with E-state index in [9.17, 15) is 4.39 Å². The average molecular weight is 330 g/mol. The molecule has 5 heteroatoms. The first kappa shape index (κ1) is 13.5. The van der Waals surface area contributed by atoms with Crippen molar-refractivity contribution in [3.63, 3.8) is 0 Å². The first-order valence-corrected chi connectivity index (χ1v) is 7.14. The minimum absolute atomic E-state index is 0.185. The maximum Gasteiger partial charge on any atom is 0.127 e. The standard InChI is InChI=1S/C13H13BrFNOS/c1-8(16)12-3-2-10(15)5-13(12)17-6-11-4-9(14)7-18-11/h2-5,7-8H,6,16H2,1H3/t8-/m1/s1. The van der Waals surface area contributed by atoms with Crippen LogP contribution in [-0.4, -0.2) is 0 Å². The number of benzene rings is 1. The van der Waals surface area contributed by atoms with Crippen molar-refractivity contribution >= 4 is 27.3 Å². The highest BCUT2D eigenvalue weighted by Crippen LogP contribution is 2.27. The fourth-order valence-electron chi connectivity index (χ4n) is 1.59. The molecule has 0 radical (unpaired) electrons. The summed E-state index contributed by atoms with van der Waals surface area (Å²) in [5.74, 6) is 0.191. The summed E-state index contributed by atoms with van der Waals surface area (Å²) in [5.41, 5.74) is 6.64. The van der Waals surface area contributed by atoms with Gasteiger partial charge in [-0.15, -0.1) is 11.3 Å². The molecule has 1 aromatic carbocycles. The van der Waals surface area contributed by atoms with Crippen LogP contribution < -0.4 is 10.5 Å². The molecular formula is C13H13BrFNOS. The molecule has 2 rings (SSSR count). The van der Waals surface area contributed by atoms with Crippen molar-refractivity contribution in [2.24, 2.45) is 5.73 Å². The number of hydrogen-bond acceptors (Lipinski definition) is 3. The molecule has 0 amide bonds. The fourth-order valence-corrected chi connectivity index (χ4v) is 2.95. The van der Waals surface area contributed by atoms with Gasteiger partial charge in [-0.1, -0.05) is 6.07 Å². The van der Waals surface area contributed by atoms with Gasteiger partial charge in [0.15, 0.2) is 0 Å². The Bertz CT molecular complexity index is 542. The first-order chi connectivity index (χ1) is 8.56. The van der Waals surface area contributed by atoms with Crippen molar-refractivity contribution in [2.45, 2.75) is 19.6 Å². The molecule has 0 fully saturated rings. The van der Waals surface area contributed by atoms with Crippen LogP contribution in [0.3, 0.4) is 0 Å². The molecule has 0 bridgehead atoms. The van der Waals surface area contributed by atoms with E-state index in [0.717, 1.165) is 14.9 Å². The summed E-state index contributed by atoms with van der Waals surface area (Å²) < 4.78 is 19.9. The highest BCUT2D eigenvalue weighted by Gasteiger charge is 2.10. The zero-order chi connectivity index (χ0) is 13.1. The molecule has 0 saturated heterocycles. The van der Waals surface area contributed by atoms with E-state index in [0.29, 0.717) is 12.4 Å². The number of thiophene rings is 1. The van der Waals surface area contributed by atoms with Gasteiger partial charge in [0.05, 0.1) is 0 Å². The Balaban J connectivity index is 2.15. The Hall–Kier alpha value is -0.910. The van der Waals surface area contributed by atoms with Crippen molar-refractivity contribution in [1.82, 2.24) is 0 Å². The van der Waals surface area contributed by atoms with Gasteiger partial charge in [-0.3, -0.25) is 0 Å². The van der Waals surface area contributed by atoms with Crippen LogP contribution in [0.4, 0.5) is 4.39 Å². The normalized spacial score (nSPS) is 12.4. The van der Waals surface area contributed by atoms with Gasteiger partial charge in [-0.2, -0.15) is 0 Å². The third kappa shape index (κ3) is 3.31. The highest BCUT2D eigenvalue weighted by molar-refractivity contribution is 9.10. The second-order valence-corrected chi connectivity index (χ2v) is 5.90. The van der Waals surface area contributed by atoms with Crippen LogP contribution in [0.5, 0.6) is 5.75 Å². The van der Waals surface area contributed by atoms with Gasteiger partial charge in [-0.05, 0) is 35.0 Å². The Labute approximate surface area is 118 Å². The molecule has 0 saturated carbocycles. The largest absolute Gasteiger partial charge is 0.488 e. The molecule has 2 nitrogen and oxygen atoms in total. The minimum Gasteiger partial charge on any atom is -0.488 e. The van der Waals surface area contributed by atoms with E-state index in [1.54, 1.807) is 17.4 Å². The van der Waals surface area contributed by atoms with Crippen LogP contribution in [0.15, 0.2) is 34.1 Å². The van der Waals surface area contributed by atoms with Gasteiger partial charge in [0.25, 0.3) is 0 Å². The Morgan fingerprint density at radius 1 is 1.44 bits per heavy atom. The van der Waals surface area contributed by atoms with E-state index < -0.39 is 0 Å². The zero-order valence-corrected chi connectivity index (χ0v) is 12.2. The van der Waals surface area contributed by atoms with Crippen LogP contribution in [-0.2, 0) is 6.61 Å². The monoisotopic (exact) mass is 329 g/mol. The van der Waals surface area contributed by atoms with Crippen LogP contribution in [0.2, 0.25) is 0 Å².